The second kappa shape index (κ2) is 4.64. The second-order valence-corrected chi connectivity index (χ2v) is 3.94. The lowest BCUT2D eigenvalue weighted by atomic mass is 9.82. The van der Waals surface area contributed by atoms with Crippen molar-refractivity contribution in [1.29, 1.82) is 0 Å². The van der Waals surface area contributed by atoms with E-state index in [4.69, 9.17) is 0 Å². The molecule has 0 aromatic heterocycles. The minimum Gasteiger partial charge on any atom is -0.364 e. The monoisotopic (exact) mass is 182 g/mol. The second-order valence-electron chi connectivity index (χ2n) is 3.94. The number of rotatable bonds is 0. The fraction of sp³-hybridized carbons (Fsp3) is 0.909. The number of likely N-dealkylation sites (N-methyl/N-ethyl adjacent to an activating group) is 1. The standard InChI is InChI=1S/C9H16N2.C2H6/c1-11-7-9(10-8-11)5-3-2-4-6-9;1-2/h8H,2-7H2,1H3;1-2H3. The minimum absolute atomic E-state index is 0.340. The van der Waals surface area contributed by atoms with Crippen LogP contribution in [0.25, 0.3) is 0 Å². The zero-order valence-electron chi connectivity index (χ0n) is 9.21. The fourth-order valence-corrected chi connectivity index (χ4v) is 2.26. The van der Waals surface area contributed by atoms with Crippen molar-refractivity contribution in [3.8, 4) is 0 Å². The quantitative estimate of drug-likeness (QED) is 0.562. The van der Waals surface area contributed by atoms with Gasteiger partial charge in [0.25, 0.3) is 0 Å². The summed E-state index contributed by atoms with van der Waals surface area (Å²) in [7, 11) is 2.12. The van der Waals surface area contributed by atoms with Gasteiger partial charge in [0.05, 0.1) is 11.9 Å². The molecule has 0 unspecified atom stereocenters. The SMILES string of the molecule is CC.CN1C=NC2(CCCCC2)C1. The molecule has 0 amide bonds. The molecule has 2 heteroatoms. The predicted octanol–water partition coefficient (Wildman–Crippen LogP) is 2.69. The van der Waals surface area contributed by atoms with Crippen LogP contribution in [-0.4, -0.2) is 30.4 Å². The summed E-state index contributed by atoms with van der Waals surface area (Å²) in [4.78, 5) is 6.82. The van der Waals surface area contributed by atoms with E-state index in [9.17, 15) is 0 Å². The van der Waals surface area contributed by atoms with Crippen molar-refractivity contribution in [1.82, 2.24) is 4.90 Å². The largest absolute Gasteiger partial charge is 0.364 e. The first-order chi connectivity index (χ1) is 6.31. The van der Waals surface area contributed by atoms with Gasteiger partial charge in [0.2, 0.25) is 0 Å². The molecule has 2 nitrogen and oxygen atoms in total. The molecule has 2 rings (SSSR count). The van der Waals surface area contributed by atoms with Crippen molar-refractivity contribution >= 4 is 6.34 Å². The zero-order valence-corrected chi connectivity index (χ0v) is 9.21. The first kappa shape index (κ1) is 10.6. The molecule has 0 aromatic rings. The Kier molecular flexibility index (Phi) is 3.76. The molecule has 0 bridgehead atoms. The van der Waals surface area contributed by atoms with Gasteiger partial charge in [0.15, 0.2) is 0 Å². The van der Waals surface area contributed by atoms with Crippen molar-refractivity contribution in [2.24, 2.45) is 4.99 Å². The lowest BCUT2D eigenvalue weighted by Gasteiger charge is -2.30. The normalized spacial score (nSPS) is 24.4. The highest BCUT2D eigenvalue weighted by Crippen LogP contribution is 2.34. The number of aliphatic imine (C=N–C) groups is 1. The maximum atomic E-state index is 4.61. The van der Waals surface area contributed by atoms with Crippen molar-refractivity contribution in [2.45, 2.75) is 51.5 Å². The van der Waals surface area contributed by atoms with E-state index < -0.39 is 0 Å². The molecule has 1 saturated carbocycles. The summed E-state index contributed by atoms with van der Waals surface area (Å²) in [5.41, 5.74) is 0.340. The predicted molar refractivity (Wildman–Crippen MR) is 58.3 cm³/mol. The molecule has 1 aliphatic heterocycles. The molecule has 0 saturated heterocycles. The summed E-state index contributed by atoms with van der Waals surface area (Å²) < 4.78 is 0. The summed E-state index contributed by atoms with van der Waals surface area (Å²) in [5.74, 6) is 0. The Morgan fingerprint density at radius 3 is 2.23 bits per heavy atom. The van der Waals surface area contributed by atoms with Crippen molar-refractivity contribution in [3.63, 3.8) is 0 Å². The molecule has 76 valence electrons. The van der Waals surface area contributed by atoms with Gasteiger partial charge in [-0.3, -0.25) is 4.99 Å². The molecule has 1 fully saturated rings. The minimum atomic E-state index is 0.340. The summed E-state index contributed by atoms with van der Waals surface area (Å²) in [6, 6.07) is 0. The van der Waals surface area contributed by atoms with Crippen LogP contribution in [-0.2, 0) is 0 Å². The molecule has 0 atom stereocenters. The van der Waals surface area contributed by atoms with E-state index in [0.29, 0.717) is 5.54 Å². The Labute approximate surface area is 82.0 Å². The van der Waals surface area contributed by atoms with Gasteiger partial charge in [-0.1, -0.05) is 33.1 Å². The smallest absolute Gasteiger partial charge is 0.0855 e. The molecular weight excluding hydrogens is 160 g/mol. The highest BCUT2D eigenvalue weighted by Gasteiger charge is 2.34. The van der Waals surface area contributed by atoms with Crippen LogP contribution in [0, 0.1) is 0 Å². The molecule has 2 aliphatic rings. The van der Waals surface area contributed by atoms with E-state index >= 15 is 0 Å². The van der Waals surface area contributed by atoms with Crippen molar-refractivity contribution in [2.75, 3.05) is 13.6 Å². The molecule has 0 aromatic carbocycles. The van der Waals surface area contributed by atoms with E-state index in [2.05, 4.69) is 16.9 Å². The Morgan fingerprint density at radius 2 is 1.77 bits per heavy atom. The Hall–Kier alpha value is -0.530. The summed E-state index contributed by atoms with van der Waals surface area (Å²) >= 11 is 0. The molecule has 1 aliphatic carbocycles. The van der Waals surface area contributed by atoms with Gasteiger partial charge in [-0.15, -0.1) is 0 Å². The molecule has 1 heterocycles. The topological polar surface area (TPSA) is 15.6 Å². The van der Waals surface area contributed by atoms with Crippen LogP contribution in [0.3, 0.4) is 0 Å². The van der Waals surface area contributed by atoms with Crippen molar-refractivity contribution in [3.05, 3.63) is 0 Å². The molecule has 0 N–H and O–H groups in total. The van der Waals surface area contributed by atoms with E-state index in [0.717, 1.165) is 6.54 Å². The maximum Gasteiger partial charge on any atom is 0.0855 e. The van der Waals surface area contributed by atoms with Crippen LogP contribution in [0.15, 0.2) is 4.99 Å². The van der Waals surface area contributed by atoms with E-state index in [1.807, 2.05) is 20.2 Å². The Balaban J connectivity index is 0.000000396. The number of nitrogens with zero attached hydrogens (tertiary/aromatic N) is 2. The Bertz CT molecular complexity index is 169. The lowest BCUT2D eigenvalue weighted by molar-refractivity contribution is 0.278. The average molecular weight is 182 g/mol. The number of hydrogen-bond donors (Lipinski definition) is 0. The van der Waals surface area contributed by atoms with Crippen LogP contribution >= 0.6 is 0 Å². The molecule has 1 spiro atoms. The first-order valence-electron chi connectivity index (χ1n) is 5.56. The van der Waals surface area contributed by atoms with Gasteiger partial charge in [0, 0.05) is 13.6 Å². The van der Waals surface area contributed by atoms with E-state index in [1.165, 1.54) is 32.1 Å². The van der Waals surface area contributed by atoms with Crippen molar-refractivity contribution < 1.29 is 0 Å². The highest BCUT2D eigenvalue weighted by atomic mass is 15.2. The van der Waals surface area contributed by atoms with Gasteiger partial charge in [-0.25, -0.2) is 0 Å². The summed E-state index contributed by atoms with van der Waals surface area (Å²) in [5, 5.41) is 0. The zero-order chi connectivity index (χ0) is 9.73. The van der Waals surface area contributed by atoms with Crippen LogP contribution in [0.5, 0.6) is 0 Å². The lowest BCUT2D eigenvalue weighted by Crippen LogP contribution is -2.34. The third-order valence-electron chi connectivity index (χ3n) is 2.86. The van der Waals surface area contributed by atoms with Gasteiger partial charge in [0.1, 0.15) is 0 Å². The first-order valence-corrected chi connectivity index (χ1v) is 5.56. The molecular formula is C11H22N2. The average Bonchev–Trinajstić information content (AvgIpc) is 2.52. The fourth-order valence-electron chi connectivity index (χ4n) is 2.26. The van der Waals surface area contributed by atoms with Crippen LogP contribution < -0.4 is 0 Å². The third kappa shape index (κ3) is 2.45. The summed E-state index contributed by atoms with van der Waals surface area (Å²) in [6.07, 6.45) is 8.81. The maximum absolute atomic E-state index is 4.61. The van der Waals surface area contributed by atoms with Gasteiger partial charge in [-0.2, -0.15) is 0 Å². The highest BCUT2D eigenvalue weighted by molar-refractivity contribution is 5.58. The molecule has 0 radical (unpaired) electrons. The van der Waals surface area contributed by atoms with Gasteiger partial charge < -0.3 is 4.90 Å². The third-order valence-corrected chi connectivity index (χ3v) is 2.86. The van der Waals surface area contributed by atoms with Gasteiger partial charge >= 0.3 is 0 Å². The van der Waals surface area contributed by atoms with Crippen LogP contribution in [0.1, 0.15) is 46.0 Å². The number of hydrogen-bond acceptors (Lipinski definition) is 2. The Morgan fingerprint density at radius 1 is 1.15 bits per heavy atom. The van der Waals surface area contributed by atoms with Crippen LogP contribution in [0.2, 0.25) is 0 Å². The van der Waals surface area contributed by atoms with E-state index in [1.54, 1.807) is 0 Å². The van der Waals surface area contributed by atoms with E-state index in [-0.39, 0.29) is 0 Å². The van der Waals surface area contributed by atoms with Gasteiger partial charge in [-0.05, 0) is 12.8 Å². The summed E-state index contributed by atoms with van der Waals surface area (Å²) in [6.45, 7) is 5.16. The van der Waals surface area contributed by atoms with Crippen LogP contribution in [0.4, 0.5) is 0 Å². The molecule has 13 heavy (non-hydrogen) atoms.